The van der Waals surface area contributed by atoms with E-state index in [4.69, 9.17) is 4.98 Å². The van der Waals surface area contributed by atoms with E-state index in [1.165, 1.54) is 41.4 Å². The molecule has 0 spiro atoms. The highest BCUT2D eigenvalue weighted by molar-refractivity contribution is 7.15. The number of nitrogens with zero attached hydrogens (tertiary/aromatic N) is 2. The first-order valence-corrected chi connectivity index (χ1v) is 9.22. The van der Waals surface area contributed by atoms with E-state index in [-0.39, 0.29) is 0 Å². The molecular weight excluding hydrogens is 278 g/mol. The summed E-state index contributed by atoms with van der Waals surface area (Å²) in [5, 5.41) is 4.78. The van der Waals surface area contributed by atoms with Crippen LogP contribution in [0.5, 0.6) is 0 Å². The molecule has 0 bridgehead atoms. The molecular formula is C17H29N3S. The van der Waals surface area contributed by atoms with Gasteiger partial charge in [0, 0.05) is 23.0 Å². The lowest BCUT2D eigenvalue weighted by Gasteiger charge is -2.34. The van der Waals surface area contributed by atoms with E-state index in [1.54, 1.807) is 0 Å². The first kappa shape index (κ1) is 15.3. The molecule has 1 fully saturated rings. The van der Waals surface area contributed by atoms with Crippen molar-refractivity contribution in [3.05, 3.63) is 10.6 Å². The molecule has 3 unspecified atom stereocenters. The Balaban J connectivity index is 1.95. The van der Waals surface area contributed by atoms with Gasteiger partial charge in [-0.2, -0.15) is 0 Å². The second-order valence-electron chi connectivity index (χ2n) is 7.59. The van der Waals surface area contributed by atoms with Crippen LogP contribution in [0.25, 0.3) is 0 Å². The summed E-state index contributed by atoms with van der Waals surface area (Å²) < 4.78 is 0. The third-order valence-electron chi connectivity index (χ3n) is 5.26. The topological polar surface area (TPSA) is 28.2 Å². The molecule has 1 aliphatic heterocycles. The van der Waals surface area contributed by atoms with Gasteiger partial charge < -0.3 is 10.2 Å². The summed E-state index contributed by atoms with van der Waals surface area (Å²) in [5.41, 5.74) is 1.70. The largest absolute Gasteiger partial charge is 0.342 e. The molecule has 4 heteroatoms. The van der Waals surface area contributed by atoms with Crippen LogP contribution in [-0.4, -0.2) is 24.1 Å². The fourth-order valence-corrected chi connectivity index (χ4v) is 5.45. The minimum atomic E-state index is 0.354. The number of rotatable bonds is 3. The maximum Gasteiger partial charge on any atom is 0.186 e. The standard InChI is InChI=1S/C17H29N3S/c1-6-12-8-7-11(2)20(12)16-19-14-10-17(3,4)9-13(18-5)15(14)21-16/h11-13,18H,6-10H2,1-5H3. The normalized spacial score (nSPS) is 31.5. The molecule has 1 saturated heterocycles. The summed E-state index contributed by atoms with van der Waals surface area (Å²) in [5.74, 6) is 0. The van der Waals surface area contributed by atoms with Crippen LogP contribution in [0.15, 0.2) is 0 Å². The molecule has 1 N–H and O–H groups in total. The Labute approximate surface area is 133 Å². The Kier molecular flexibility index (Phi) is 4.04. The first-order chi connectivity index (χ1) is 9.95. The molecule has 3 rings (SSSR count). The quantitative estimate of drug-likeness (QED) is 0.909. The molecule has 0 radical (unpaired) electrons. The minimum Gasteiger partial charge on any atom is -0.342 e. The molecule has 1 aromatic rings. The number of hydrogen-bond donors (Lipinski definition) is 1. The molecule has 1 aliphatic carbocycles. The number of nitrogens with one attached hydrogen (secondary N) is 1. The number of thiazole rings is 1. The van der Waals surface area contributed by atoms with E-state index in [2.05, 4.69) is 45.0 Å². The molecule has 3 nitrogen and oxygen atoms in total. The molecule has 2 heterocycles. The number of anilines is 1. The smallest absolute Gasteiger partial charge is 0.186 e. The van der Waals surface area contributed by atoms with Gasteiger partial charge in [0.05, 0.1) is 5.69 Å². The summed E-state index contributed by atoms with van der Waals surface area (Å²) in [6.07, 6.45) is 6.20. The van der Waals surface area contributed by atoms with Gasteiger partial charge in [-0.25, -0.2) is 4.98 Å². The van der Waals surface area contributed by atoms with Gasteiger partial charge in [0.25, 0.3) is 0 Å². The Hall–Kier alpha value is -0.610. The van der Waals surface area contributed by atoms with Crippen molar-refractivity contribution in [2.24, 2.45) is 5.41 Å². The van der Waals surface area contributed by atoms with E-state index in [0.29, 0.717) is 23.5 Å². The number of aromatic nitrogens is 1. The molecule has 2 aliphatic rings. The van der Waals surface area contributed by atoms with Crippen LogP contribution in [0.3, 0.4) is 0 Å². The molecule has 0 aromatic carbocycles. The second-order valence-corrected chi connectivity index (χ2v) is 8.60. The SMILES string of the molecule is CCC1CCC(C)N1c1nc2c(s1)C(NC)CC(C)(C)C2. The van der Waals surface area contributed by atoms with Gasteiger partial charge in [0.15, 0.2) is 5.13 Å². The summed E-state index contributed by atoms with van der Waals surface area (Å²) in [6, 6.07) is 1.81. The van der Waals surface area contributed by atoms with E-state index in [9.17, 15) is 0 Å². The Morgan fingerprint density at radius 2 is 2.14 bits per heavy atom. The van der Waals surface area contributed by atoms with Crippen molar-refractivity contribution in [2.45, 2.75) is 77.9 Å². The van der Waals surface area contributed by atoms with Gasteiger partial charge in [-0.1, -0.05) is 32.1 Å². The van der Waals surface area contributed by atoms with E-state index >= 15 is 0 Å². The Morgan fingerprint density at radius 1 is 1.38 bits per heavy atom. The van der Waals surface area contributed by atoms with Gasteiger partial charge in [-0.15, -0.1) is 0 Å². The molecule has 3 atom stereocenters. The van der Waals surface area contributed by atoms with Crippen LogP contribution in [-0.2, 0) is 6.42 Å². The Morgan fingerprint density at radius 3 is 2.81 bits per heavy atom. The maximum atomic E-state index is 5.08. The number of hydrogen-bond acceptors (Lipinski definition) is 4. The van der Waals surface area contributed by atoms with Crippen molar-refractivity contribution in [2.75, 3.05) is 11.9 Å². The van der Waals surface area contributed by atoms with E-state index < -0.39 is 0 Å². The summed E-state index contributed by atoms with van der Waals surface area (Å²) in [6.45, 7) is 9.40. The lowest BCUT2D eigenvalue weighted by Crippen LogP contribution is -2.34. The highest BCUT2D eigenvalue weighted by atomic mass is 32.1. The van der Waals surface area contributed by atoms with E-state index in [0.717, 1.165) is 6.42 Å². The van der Waals surface area contributed by atoms with Crippen molar-refractivity contribution in [1.82, 2.24) is 10.3 Å². The molecule has 0 amide bonds. The fourth-order valence-electron chi connectivity index (χ4n) is 4.08. The van der Waals surface area contributed by atoms with Crippen LogP contribution >= 0.6 is 11.3 Å². The van der Waals surface area contributed by atoms with Crippen molar-refractivity contribution >= 4 is 16.5 Å². The second kappa shape index (κ2) is 5.54. The monoisotopic (exact) mass is 307 g/mol. The average Bonchev–Trinajstić information content (AvgIpc) is 2.99. The maximum absolute atomic E-state index is 5.08. The van der Waals surface area contributed by atoms with Crippen molar-refractivity contribution in [1.29, 1.82) is 0 Å². The Bertz CT molecular complexity index is 508. The van der Waals surface area contributed by atoms with Crippen LogP contribution < -0.4 is 10.2 Å². The lowest BCUT2D eigenvalue weighted by atomic mass is 9.76. The zero-order chi connectivity index (χ0) is 15.2. The number of fused-ring (bicyclic) bond motifs is 1. The van der Waals surface area contributed by atoms with E-state index in [1.807, 2.05) is 11.3 Å². The molecule has 1 aromatic heterocycles. The van der Waals surface area contributed by atoms with Crippen LogP contribution in [0.2, 0.25) is 0 Å². The van der Waals surface area contributed by atoms with Gasteiger partial charge in [-0.3, -0.25) is 0 Å². The summed E-state index contributed by atoms with van der Waals surface area (Å²) in [7, 11) is 2.09. The minimum absolute atomic E-state index is 0.354. The van der Waals surface area contributed by atoms with Crippen molar-refractivity contribution in [3.8, 4) is 0 Å². The van der Waals surface area contributed by atoms with Crippen LogP contribution in [0.1, 0.15) is 70.0 Å². The fraction of sp³-hybridized carbons (Fsp3) is 0.824. The summed E-state index contributed by atoms with van der Waals surface area (Å²) >= 11 is 1.94. The predicted molar refractivity (Wildman–Crippen MR) is 91.3 cm³/mol. The average molecular weight is 308 g/mol. The molecule has 118 valence electrons. The zero-order valence-corrected chi connectivity index (χ0v) is 14.9. The molecule has 0 saturated carbocycles. The first-order valence-electron chi connectivity index (χ1n) is 8.40. The highest BCUT2D eigenvalue weighted by Crippen LogP contribution is 2.46. The third kappa shape index (κ3) is 2.72. The van der Waals surface area contributed by atoms with Gasteiger partial charge in [-0.05, 0) is 51.5 Å². The van der Waals surface area contributed by atoms with Crippen LogP contribution in [0, 0.1) is 5.41 Å². The third-order valence-corrected chi connectivity index (χ3v) is 6.49. The van der Waals surface area contributed by atoms with Crippen LogP contribution in [0.4, 0.5) is 5.13 Å². The predicted octanol–water partition coefficient (Wildman–Crippen LogP) is 4.14. The van der Waals surface area contributed by atoms with Gasteiger partial charge in [0.2, 0.25) is 0 Å². The van der Waals surface area contributed by atoms with Crippen molar-refractivity contribution in [3.63, 3.8) is 0 Å². The lowest BCUT2D eigenvalue weighted by molar-refractivity contribution is 0.265. The summed E-state index contributed by atoms with van der Waals surface area (Å²) in [4.78, 5) is 9.17. The molecule has 21 heavy (non-hydrogen) atoms. The highest BCUT2D eigenvalue weighted by Gasteiger charge is 2.37. The van der Waals surface area contributed by atoms with Crippen molar-refractivity contribution < 1.29 is 0 Å². The van der Waals surface area contributed by atoms with Gasteiger partial charge >= 0.3 is 0 Å². The van der Waals surface area contributed by atoms with Gasteiger partial charge in [0.1, 0.15) is 0 Å². The zero-order valence-electron chi connectivity index (χ0n) is 14.1.